The highest BCUT2D eigenvalue weighted by molar-refractivity contribution is 6.41. The fraction of sp³-hybridized carbons (Fsp3) is 0.0870. The van der Waals surface area contributed by atoms with Crippen molar-refractivity contribution in [3.05, 3.63) is 104 Å². The van der Waals surface area contributed by atoms with Gasteiger partial charge in [0.05, 0.1) is 16.1 Å². The lowest BCUT2D eigenvalue weighted by atomic mass is 9.83. The van der Waals surface area contributed by atoms with Crippen molar-refractivity contribution in [2.45, 2.75) is 13.0 Å². The number of benzene rings is 3. The molecule has 0 bridgehead atoms. The molecule has 1 aliphatic rings. The Morgan fingerprint density at radius 3 is 2.14 bits per heavy atom. The number of hydrogen-bond acceptors (Lipinski definition) is 4. The van der Waals surface area contributed by atoms with Gasteiger partial charge in [-0.1, -0.05) is 65.7 Å². The van der Waals surface area contributed by atoms with Crippen LogP contribution in [0.4, 0.5) is 0 Å². The van der Waals surface area contributed by atoms with Crippen molar-refractivity contribution in [3.63, 3.8) is 0 Å². The number of rotatable bonds is 3. The summed E-state index contributed by atoms with van der Waals surface area (Å²) in [7, 11) is 0. The molecule has 0 fully saturated rings. The zero-order valence-electron chi connectivity index (χ0n) is 15.2. The predicted molar refractivity (Wildman–Crippen MR) is 110 cm³/mol. The Balaban J connectivity index is 1.70. The van der Waals surface area contributed by atoms with Crippen molar-refractivity contribution in [1.82, 2.24) is 0 Å². The van der Waals surface area contributed by atoms with Crippen molar-refractivity contribution >= 4 is 40.7 Å². The first-order chi connectivity index (χ1) is 13.9. The number of halogens is 2. The largest absolute Gasteiger partial charge is 0.454 e. The molecule has 4 rings (SSSR count). The van der Waals surface area contributed by atoms with E-state index in [0.717, 1.165) is 0 Å². The van der Waals surface area contributed by atoms with Crippen molar-refractivity contribution in [3.8, 4) is 0 Å². The fourth-order valence-corrected chi connectivity index (χ4v) is 4.01. The normalized spacial score (nSPS) is 13.5. The van der Waals surface area contributed by atoms with E-state index in [1.807, 2.05) is 0 Å². The number of carbonyl (C=O) groups is 3. The monoisotopic (exact) mass is 424 g/mol. The molecule has 0 radical (unpaired) electrons. The van der Waals surface area contributed by atoms with Crippen LogP contribution in [0, 0.1) is 0 Å². The number of carbonyl (C=O) groups excluding carboxylic acids is 3. The summed E-state index contributed by atoms with van der Waals surface area (Å²) in [5, 5.41) is 0.383. The summed E-state index contributed by atoms with van der Waals surface area (Å²) < 4.78 is 5.50. The maximum Gasteiger partial charge on any atom is 0.340 e. The van der Waals surface area contributed by atoms with E-state index in [9.17, 15) is 14.4 Å². The standard InChI is InChI=1S/C23H14Cl2O4/c1-12(13-6-4-5-9-18(13)24)29-23(28)17-11-10-16-19(20(17)25)22(27)15-8-3-2-7-14(15)21(16)26/h2-12H,1H3. The minimum atomic E-state index is -0.704. The second kappa shape index (κ2) is 7.47. The third-order valence-electron chi connectivity index (χ3n) is 4.88. The Bertz CT molecular complexity index is 1180. The number of hydrogen-bond donors (Lipinski definition) is 0. The minimum absolute atomic E-state index is 0.0184. The van der Waals surface area contributed by atoms with E-state index in [4.69, 9.17) is 27.9 Å². The third kappa shape index (κ3) is 3.24. The van der Waals surface area contributed by atoms with Gasteiger partial charge < -0.3 is 4.74 Å². The molecule has 0 saturated heterocycles. The Labute approximate surface area is 177 Å². The van der Waals surface area contributed by atoms with E-state index in [0.29, 0.717) is 16.1 Å². The Morgan fingerprint density at radius 1 is 0.828 bits per heavy atom. The second-order valence-electron chi connectivity index (χ2n) is 6.62. The van der Waals surface area contributed by atoms with Crippen LogP contribution in [-0.2, 0) is 4.74 Å². The van der Waals surface area contributed by atoms with Gasteiger partial charge in [-0.3, -0.25) is 9.59 Å². The Kier molecular flexibility index (Phi) is 4.99. The summed E-state index contributed by atoms with van der Waals surface area (Å²) >= 11 is 12.6. The molecule has 0 saturated carbocycles. The SMILES string of the molecule is CC(OC(=O)c1ccc2c(c1Cl)C(=O)c1ccccc1C2=O)c1ccccc1Cl. The van der Waals surface area contributed by atoms with Gasteiger partial charge in [0.25, 0.3) is 0 Å². The highest BCUT2D eigenvalue weighted by Crippen LogP contribution is 2.35. The van der Waals surface area contributed by atoms with Crippen molar-refractivity contribution in [2.75, 3.05) is 0 Å². The second-order valence-corrected chi connectivity index (χ2v) is 7.41. The molecule has 1 unspecified atom stereocenters. The summed E-state index contributed by atoms with van der Waals surface area (Å²) in [5.74, 6) is -1.40. The van der Waals surface area contributed by atoms with Gasteiger partial charge in [-0.05, 0) is 25.1 Å². The minimum Gasteiger partial charge on any atom is -0.454 e. The van der Waals surface area contributed by atoms with Crippen LogP contribution in [0.3, 0.4) is 0 Å². The topological polar surface area (TPSA) is 60.4 Å². The summed E-state index contributed by atoms with van der Waals surface area (Å²) in [6, 6.07) is 16.4. The molecule has 1 aliphatic carbocycles. The molecule has 0 aliphatic heterocycles. The first-order valence-corrected chi connectivity index (χ1v) is 9.62. The van der Waals surface area contributed by atoms with Crippen LogP contribution in [0.25, 0.3) is 0 Å². The first kappa shape index (κ1) is 19.4. The van der Waals surface area contributed by atoms with E-state index in [1.165, 1.54) is 12.1 Å². The molecule has 29 heavy (non-hydrogen) atoms. The van der Waals surface area contributed by atoms with E-state index < -0.39 is 17.9 Å². The average molecular weight is 425 g/mol. The molecule has 0 heterocycles. The Morgan fingerprint density at radius 2 is 1.45 bits per heavy atom. The van der Waals surface area contributed by atoms with Crippen LogP contribution in [-0.4, -0.2) is 17.5 Å². The molecule has 144 valence electrons. The van der Waals surface area contributed by atoms with Crippen molar-refractivity contribution in [2.24, 2.45) is 0 Å². The van der Waals surface area contributed by atoms with E-state index in [2.05, 4.69) is 0 Å². The van der Waals surface area contributed by atoms with Gasteiger partial charge in [0.2, 0.25) is 0 Å². The summed E-state index contributed by atoms with van der Waals surface area (Å²) in [5.41, 5.74) is 1.46. The number of esters is 1. The molecule has 3 aromatic rings. The van der Waals surface area contributed by atoms with Crippen molar-refractivity contribution in [1.29, 1.82) is 0 Å². The van der Waals surface area contributed by atoms with E-state index in [1.54, 1.807) is 55.5 Å². The molecule has 6 heteroatoms. The molecular weight excluding hydrogens is 411 g/mol. The summed E-state index contributed by atoms with van der Waals surface area (Å²) in [6.45, 7) is 1.69. The molecule has 1 atom stereocenters. The fourth-order valence-electron chi connectivity index (χ4n) is 3.40. The maximum atomic E-state index is 12.9. The van der Waals surface area contributed by atoms with Crippen LogP contribution in [0.2, 0.25) is 10.0 Å². The first-order valence-electron chi connectivity index (χ1n) is 8.86. The molecule has 0 spiro atoms. The predicted octanol–water partition coefficient (Wildman–Crippen LogP) is 5.69. The van der Waals surface area contributed by atoms with E-state index >= 15 is 0 Å². The third-order valence-corrected chi connectivity index (χ3v) is 5.61. The smallest absolute Gasteiger partial charge is 0.340 e. The van der Waals surface area contributed by atoms with Gasteiger partial charge >= 0.3 is 5.97 Å². The zero-order valence-corrected chi connectivity index (χ0v) is 16.8. The van der Waals surface area contributed by atoms with Gasteiger partial charge in [0.1, 0.15) is 6.10 Å². The quantitative estimate of drug-likeness (QED) is 0.396. The van der Waals surface area contributed by atoms with Gasteiger partial charge in [-0.2, -0.15) is 0 Å². The van der Waals surface area contributed by atoms with Crippen LogP contribution >= 0.6 is 23.2 Å². The summed E-state index contributed by atoms with van der Waals surface area (Å²) in [4.78, 5) is 38.4. The van der Waals surface area contributed by atoms with Crippen molar-refractivity contribution < 1.29 is 19.1 Å². The molecule has 0 amide bonds. The molecule has 4 nitrogen and oxygen atoms in total. The van der Waals surface area contributed by atoms with Gasteiger partial charge in [0, 0.05) is 27.3 Å². The molecule has 3 aromatic carbocycles. The lowest BCUT2D eigenvalue weighted by Gasteiger charge is -2.20. The van der Waals surface area contributed by atoms with Crippen LogP contribution in [0.15, 0.2) is 60.7 Å². The van der Waals surface area contributed by atoms with E-state index in [-0.39, 0.29) is 33.1 Å². The van der Waals surface area contributed by atoms with Crippen LogP contribution in [0.1, 0.15) is 60.8 Å². The lowest BCUT2D eigenvalue weighted by molar-refractivity contribution is 0.0338. The Hall–Kier alpha value is -2.95. The van der Waals surface area contributed by atoms with Crippen LogP contribution in [0.5, 0.6) is 0 Å². The highest BCUT2D eigenvalue weighted by atomic mass is 35.5. The number of ether oxygens (including phenoxy) is 1. The average Bonchev–Trinajstić information content (AvgIpc) is 2.72. The maximum absolute atomic E-state index is 12.9. The summed E-state index contributed by atoms with van der Waals surface area (Å²) in [6.07, 6.45) is -0.624. The van der Waals surface area contributed by atoms with Crippen LogP contribution < -0.4 is 0 Å². The van der Waals surface area contributed by atoms with Gasteiger partial charge in [0.15, 0.2) is 11.6 Å². The van der Waals surface area contributed by atoms with Gasteiger partial charge in [-0.25, -0.2) is 4.79 Å². The number of ketones is 2. The highest BCUT2D eigenvalue weighted by Gasteiger charge is 2.33. The molecular formula is C23H14Cl2O4. The molecule has 0 aromatic heterocycles. The number of fused-ring (bicyclic) bond motifs is 2. The lowest BCUT2D eigenvalue weighted by Crippen LogP contribution is -2.22. The van der Waals surface area contributed by atoms with Gasteiger partial charge in [-0.15, -0.1) is 0 Å². The zero-order chi connectivity index (χ0) is 20.7. The molecule has 0 N–H and O–H groups in total.